The van der Waals surface area contributed by atoms with Crippen LogP contribution in [-0.2, 0) is 23.1 Å². The van der Waals surface area contributed by atoms with Crippen molar-refractivity contribution >= 4 is 10.0 Å². The highest BCUT2D eigenvalue weighted by Gasteiger charge is 2.24. The van der Waals surface area contributed by atoms with Gasteiger partial charge in [0.15, 0.2) is 0 Å². The zero-order valence-electron chi connectivity index (χ0n) is 12.3. The predicted octanol–water partition coefficient (Wildman–Crippen LogP) is -0.0791. The Kier molecular flexibility index (Phi) is 4.76. The molecule has 0 unspecified atom stereocenters. The van der Waals surface area contributed by atoms with Crippen molar-refractivity contribution in [2.75, 3.05) is 13.6 Å². The first kappa shape index (κ1) is 15.7. The molecule has 0 amide bonds. The van der Waals surface area contributed by atoms with E-state index in [-0.39, 0.29) is 11.4 Å². The number of imidazole rings is 1. The molecule has 3 N–H and O–H groups in total. The van der Waals surface area contributed by atoms with Crippen LogP contribution in [0.5, 0.6) is 0 Å². The molecule has 2 aromatic heterocycles. The van der Waals surface area contributed by atoms with Gasteiger partial charge in [-0.1, -0.05) is 0 Å². The summed E-state index contributed by atoms with van der Waals surface area (Å²) in [4.78, 5) is 6.96. The number of H-pyrrole nitrogens is 1. The average Bonchev–Trinajstić information content (AvgIpc) is 3.03. The molecule has 2 aromatic rings. The minimum atomic E-state index is -3.60. The summed E-state index contributed by atoms with van der Waals surface area (Å²) in [7, 11) is -1.76. The van der Waals surface area contributed by atoms with E-state index in [0.29, 0.717) is 23.6 Å². The molecule has 0 bridgehead atoms. The molecule has 0 radical (unpaired) electrons. The van der Waals surface area contributed by atoms with Gasteiger partial charge in [-0.15, -0.1) is 0 Å². The number of hydrogen-bond acceptors (Lipinski definition) is 5. The lowest BCUT2D eigenvalue weighted by Gasteiger charge is -2.07. The smallest absolute Gasteiger partial charge is 0.244 e. The Bertz CT molecular complexity index is 690. The first-order valence-corrected chi connectivity index (χ1v) is 8.09. The number of nitrogens with one attached hydrogen (secondary N) is 3. The summed E-state index contributed by atoms with van der Waals surface area (Å²) < 4.78 is 29.1. The number of aromatic amines is 1. The van der Waals surface area contributed by atoms with E-state index in [1.807, 2.05) is 7.05 Å². The van der Waals surface area contributed by atoms with Gasteiger partial charge in [0.2, 0.25) is 10.0 Å². The van der Waals surface area contributed by atoms with Crippen molar-refractivity contribution < 1.29 is 8.42 Å². The van der Waals surface area contributed by atoms with Crippen LogP contribution >= 0.6 is 0 Å². The van der Waals surface area contributed by atoms with Gasteiger partial charge in [0.05, 0.1) is 30.8 Å². The monoisotopic (exact) mass is 312 g/mol. The summed E-state index contributed by atoms with van der Waals surface area (Å²) in [6.45, 7) is 4.99. The lowest BCUT2D eigenvalue weighted by molar-refractivity contribution is 0.563. The highest BCUT2D eigenvalue weighted by molar-refractivity contribution is 7.89. The zero-order valence-corrected chi connectivity index (χ0v) is 13.2. The number of sulfonamides is 1. The lowest BCUT2D eigenvalue weighted by Crippen LogP contribution is -2.24. The Labute approximate surface area is 124 Å². The van der Waals surface area contributed by atoms with Crippen molar-refractivity contribution in [3.05, 3.63) is 29.6 Å². The summed E-state index contributed by atoms with van der Waals surface area (Å²) in [5.74, 6) is 0. The van der Waals surface area contributed by atoms with Gasteiger partial charge in [-0.2, -0.15) is 5.10 Å². The van der Waals surface area contributed by atoms with Gasteiger partial charge in [0, 0.05) is 18.4 Å². The quantitative estimate of drug-likeness (QED) is 0.663. The number of nitrogens with zero attached hydrogens (tertiary/aromatic N) is 3. The molecular formula is C12H20N6O2S. The molecule has 21 heavy (non-hydrogen) atoms. The van der Waals surface area contributed by atoms with Crippen molar-refractivity contribution in [1.29, 1.82) is 0 Å². The second kappa shape index (κ2) is 6.37. The van der Waals surface area contributed by atoms with Crippen LogP contribution in [0.3, 0.4) is 0 Å². The highest BCUT2D eigenvalue weighted by Crippen LogP contribution is 2.19. The van der Waals surface area contributed by atoms with Crippen LogP contribution in [0.2, 0.25) is 0 Å². The van der Waals surface area contributed by atoms with E-state index in [4.69, 9.17) is 0 Å². The van der Waals surface area contributed by atoms with Crippen molar-refractivity contribution in [1.82, 2.24) is 29.8 Å². The SMILES string of the molecule is CNCCn1nc(C)c(S(=O)(=O)NCc2cnc[nH]2)c1C. The van der Waals surface area contributed by atoms with Crippen LogP contribution < -0.4 is 10.0 Å². The molecule has 9 heteroatoms. The van der Waals surface area contributed by atoms with Gasteiger partial charge in [-0.25, -0.2) is 18.1 Å². The van der Waals surface area contributed by atoms with Gasteiger partial charge in [0.1, 0.15) is 4.90 Å². The van der Waals surface area contributed by atoms with E-state index in [2.05, 4.69) is 25.1 Å². The largest absolute Gasteiger partial charge is 0.347 e. The molecule has 2 rings (SSSR count). The van der Waals surface area contributed by atoms with Crippen LogP contribution in [0.15, 0.2) is 17.4 Å². The Morgan fingerprint density at radius 2 is 2.14 bits per heavy atom. The first-order chi connectivity index (χ1) is 9.95. The third kappa shape index (κ3) is 3.49. The van der Waals surface area contributed by atoms with Crippen LogP contribution in [0.25, 0.3) is 0 Å². The summed E-state index contributed by atoms with van der Waals surface area (Å²) in [5.41, 5.74) is 1.84. The topological polar surface area (TPSA) is 105 Å². The van der Waals surface area contributed by atoms with Crippen molar-refractivity contribution in [3.63, 3.8) is 0 Å². The van der Waals surface area contributed by atoms with Crippen molar-refractivity contribution in [3.8, 4) is 0 Å². The number of aryl methyl sites for hydroxylation is 1. The van der Waals surface area contributed by atoms with Gasteiger partial charge >= 0.3 is 0 Å². The molecule has 8 nitrogen and oxygen atoms in total. The van der Waals surface area contributed by atoms with E-state index < -0.39 is 10.0 Å². The standard InChI is InChI=1S/C12H20N6O2S/c1-9-12(10(2)18(17-9)5-4-13-3)21(19,20)16-7-11-6-14-8-15-11/h6,8,13,16H,4-5,7H2,1-3H3,(H,14,15). The Hall–Kier alpha value is -1.71. The van der Waals surface area contributed by atoms with E-state index in [1.165, 1.54) is 6.33 Å². The molecule has 116 valence electrons. The number of hydrogen-bond donors (Lipinski definition) is 3. The van der Waals surface area contributed by atoms with E-state index in [1.54, 1.807) is 24.7 Å². The maximum absolute atomic E-state index is 12.4. The minimum absolute atomic E-state index is 0.170. The highest BCUT2D eigenvalue weighted by atomic mass is 32.2. The Morgan fingerprint density at radius 1 is 1.38 bits per heavy atom. The van der Waals surface area contributed by atoms with E-state index in [9.17, 15) is 8.42 Å². The lowest BCUT2D eigenvalue weighted by atomic mass is 10.4. The molecule has 0 fully saturated rings. The van der Waals surface area contributed by atoms with Gasteiger partial charge in [-0.05, 0) is 20.9 Å². The molecule has 0 aliphatic rings. The van der Waals surface area contributed by atoms with Crippen LogP contribution in [0.1, 0.15) is 17.1 Å². The molecule has 0 aliphatic carbocycles. The Balaban J connectivity index is 2.21. The number of likely N-dealkylation sites (N-methyl/N-ethyl adjacent to an activating group) is 1. The second-order valence-corrected chi connectivity index (χ2v) is 6.43. The summed E-state index contributed by atoms with van der Waals surface area (Å²) in [5, 5.41) is 7.31. The first-order valence-electron chi connectivity index (χ1n) is 6.61. The summed E-state index contributed by atoms with van der Waals surface area (Å²) in [6.07, 6.45) is 3.09. The molecule has 0 saturated heterocycles. The molecule has 0 aromatic carbocycles. The molecule has 0 spiro atoms. The van der Waals surface area contributed by atoms with Crippen LogP contribution in [-0.4, -0.2) is 41.8 Å². The average molecular weight is 312 g/mol. The number of aromatic nitrogens is 4. The molecule has 0 saturated carbocycles. The molecule has 2 heterocycles. The third-order valence-electron chi connectivity index (χ3n) is 3.16. The third-order valence-corrected chi connectivity index (χ3v) is 4.82. The fourth-order valence-corrected chi connectivity index (χ4v) is 3.54. The van der Waals surface area contributed by atoms with Crippen molar-refractivity contribution in [2.45, 2.75) is 31.8 Å². The summed E-state index contributed by atoms with van der Waals surface area (Å²) in [6, 6.07) is 0. The van der Waals surface area contributed by atoms with E-state index >= 15 is 0 Å². The minimum Gasteiger partial charge on any atom is -0.347 e. The maximum atomic E-state index is 12.4. The number of rotatable bonds is 7. The van der Waals surface area contributed by atoms with Gasteiger partial charge < -0.3 is 10.3 Å². The zero-order chi connectivity index (χ0) is 15.5. The van der Waals surface area contributed by atoms with Crippen molar-refractivity contribution in [2.24, 2.45) is 0 Å². The van der Waals surface area contributed by atoms with Crippen LogP contribution in [0.4, 0.5) is 0 Å². The van der Waals surface area contributed by atoms with E-state index in [0.717, 1.165) is 6.54 Å². The second-order valence-electron chi connectivity index (χ2n) is 4.73. The molecule has 0 atom stereocenters. The predicted molar refractivity (Wildman–Crippen MR) is 78.2 cm³/mol. The van der Waals surface area contributed by atoms with Gasteiger partial charge in [-0.3, -0.25) is 4.68 Å². The molecular weight excluding hydrogens is 292 g/mol. The fraction of sp³-hybridized carbons (Fsp3) is 0.500. The maximum Gasteiger partial charge on any atom is 0.244 e. The fourth-order valence-electron chi connectivity index (χ4n) is 2.13. The normalized spacial score (nSPS) is 12.0. The van der Waals surface area contributed by atoms with Crippen LogP contribution in [0, 0.1) is 13.8 Å². The summed E-state index contributed by atoms with van der Waals surface area (Å²) >= 11 is 0. The Morgan fingerprint density at radius 3 is 2.76 bits per heavy atom. The van der Waals surface area contributed by atoms with Gasteiger partial charge in [0.25, 0.3) is 0 Å². The molecule has 0 aliphatic heterocycles.